The summed E-state index contributed by atoms with van der Waals surface area (Å²) in [5, 5.41) is 2.78. The number of nitrogens with one attached hydrogen (secondary N) is 1. The lowest BCUT2D eigenvalue weighted by Gasteiger charge is -2.11. The van der Waals surface area contributed by atoms with E-state index in [1.807, 2.05) is 43.3 Å². The Bertz CT molecular complexity index is 866. The van der Waals surface area contributed by atoms with Crippen molar-refractivity contribution in [1.82, 2.24) is 9.97 Å². The van der Waals surface area contributed by atoms with Crippen LogP contribution < -0.4 is 15.8 Å². The highest BCUT2D eigenvalue weighted by molar-refractivity contribution is 6.05. The summed E-state index contributed by atoms with van der Waals surface area (Å²) in [6, 6.07) is 14.9. The van der Waals surface area contributed by atoms with Gasteiger partial charge in [0.2, 0.25) is 0 Å². The molecule has 0 spiro atoms. The number of benzene rings is 2. The summed E-state index contributed by atoms with van der Waals surface area (Å²) in [5.41, 5.74) is 7.29. The van der Waals surface area contributed by atoms with E-state index in [1.165, 1.54) is 12.4 Å². The normalized spacial score (nSPS) is 10.2. The van der Waals surface area contributed by atoms with Gasteiger partial charge in [0.1, 0.15) is 11.5 Å². The first-order chi connectivity index (χ1) is 11.6. The first kappa shape index (κ1) is 15.5. The summed E-state index contributed by atoms with van der Waals surface area (Å²) in [4.78, 5) is 20.1. The number of nitrogens with zero attached hydrogens (tertiary/aromatic N) is 2. The lowest BCUT2D eigenvalue weighted by molar-refractivity contribution is 0.102. The van der Waals surface area contributed by atoms with Crippen LogP contribution in [0.15, 0.2) is 60.9 Å². The highest BCUT2D eigenvalue weighted by Crippen LogP contribution is 2.26. The quantitative estimate of drug-likeness (QED) is 0.769. The summed E-state index contributed by atoms with van der Waals surface area (Å²) in [6.07, 6.45) is 2.86. The van der Waals surface area contributed by atoms with Gasteiger partial charge in [0.05, 0.1) is 0 Å². The Hall–Kier alpha value is -3.41. The second-order valence-electron chi connectivity index (χ2n) is 5.14. The highest BCUT2D eigenvalue weighted by Gasteiger charge is 2.13. The maximum absolute atomic E-state index is 12.2. The largest absolute Gasteiger partial charge is 0.457 e. The molecule has 3 N–H and O–H groups in total. The van der Waals surface area contributed by atoms with Crippen molar-refractivity contribution in [1.29, 1.82) is 0 Å². The molecule has 0 atom stereocenters. The molecule has 6 nitrogen and oxygen atoms in total. The SMILES string of the molecule is Cc1cc(Oc2ccccc2)ccc1NC(=O)c1nccnc1N. The molecule has 0 fully saturated rings. The van der Waals surface area contributed by atoms with Crippen molar-refractivity contribution < 1.29 is 9.53 Å². The van der Waals surface area contributed by atoms with Gasteiger partial charge in [-0.05, 0) is 42.8 Å². The number of anilines is 2. The first-order valence-electron chi connectivity index (χ1n) is 7.35. The number of ether oxygens (including phenoxy) is 1. The Kier molecular flexibility index (Phi) is 4.38. The van der Waals surface area contributed by atoms with E-state index in [4.69, 9.17) is 10.5 Å². The molecule has 0 bridgehead atoms. The van der Waals surface area contributed by atoms with E-state index in [0.717, 1.165) is 11.3 Å². The molecule has 3 rings (SSSR count). The minimum atomic E-state index is -0.402. The van der Waals surface area contributed by atoms with Gasteiger partial charge in [0.15, 0.2) is 11.5 Å². The van der Waals surface area contributed by atoms with Crippen LogP contribution in [0.5, 0.6) is 11.5 Å². The van der Waals surface area contributed by atoms with Crippen LogP contribution in [0.1, 0.15) is 16.1 Å². The maximum Gasteiger partial charge on any atom is 0.278 e. The molecule has 1 amide bonds. The zero-order valence-corrected chi connectivity index (χ0v) is 13.1. The Morgan fingerprint density at radius 2 is 1.79 bits per heavy atom. The fourth-order valence-corrected chi connectivity index (χ4v) is 2.17. The lowest BCUT2D eigenvalue weighted by Crippen LogP contribution is -2.17. The number of carbonyl (C=O) groups excluding carboxylic acids is 1. The van der Waals surface area contributed by atoms with Crippen molar-refractivity contribution in [2.75, 3.05) is 11.1 Å². The number of aryl methyl sites for hydroxylation is 1. The van der Waals surface area contributed by atoms with Crippen LogP contribution in [0.4, 0.5) is 11.5 Å². The van der Waals surface area contributed by atoms with Crippen molar-refractivity contribution in [3.05, 3.63) is 72.2 Å². The Labute approximate surface area is 139 Å². The number of aromatic nitrogens is 2. The monoisotopic (exact) mass is 320 g/mol. The number of para-hydroxylation sites is 1. The third-order valence-electron chi connectivity index (χ3n) is 3.37. The Balaban J connectivity index is 1.76. The molecular formula is C18H16N4O2. The second-order valence-corrected chi connectivity index (χ2v) is 5.14. The summed E-state index contributed by atoms with van der Waals surface area (Å²) in [5.74, 6) is 1.13. The molecule has 120 valence electrons. The molecule has 6 heteroatoms. The standard InChI is InChI=1S/C18H16N4O2/c1-12-11-14(24-13-5-3-2-4-6-13)7-8-15(12)22-18(23)16-17(19)21-10-9-20-16/h2-11H,1H3,(H2,19,21)(H,22,23). The van der Waals surface area contributed by atoms with Crippen molar-refractivity contribution in [3.63, 3.8) is 0 Å². The summed E-state index contributed by atoms with van der Waals surface area (Å²) >= 11 is 0. The highest BCUT2D eigenvalue weighted by atomic mass is 16.5. The minimum Gasteiger partial charge on any atom is -0.457 e. The molecule has 0 saturated heterocycles. The molecule has 24 heavy (non-hydrogen) atoms. The molecule has 3 aromatic rings. The Morgan fingerprint density at radius 3 is 2.50 bits per heavy atom. The van der Waals surface area contributed by atoms with Gasteiger partial charge in [0.25, 0.3) is 5.91 Å². The predicted octanol–water partition coefficient (Wildman–Crippen LogP) is 3.41. The van der Waals surface area contributed by atoms with Gasteiger partial charge >= 0.3 is 0 Å². The maximum atomic E-state index is 12.2. The smallest absolute Gasteiger partial charge is 0.278 e. The van der Waals surface area contributed by atoms with Crippen LogP contribution in [-0.2, 0) is 0 Å². The number of nitrogen functional groups attached to an aromatic ring is 1. The fraction of sp³-hybridized carbons (Fsp3) is 0.0556. The van der Waals surface area contributed by atoms with Crippen LogP contribution in [0, 0.1) is 6.92 Å². The van der Waals surface area contributed by atoms with Crippen LogP contribution in [-0.4, -0.2) is 15.9 Å². The summed E-state index contributed by atoms with van der Waals surface area (Å²) in [6.45, 7) is 1.88. The molecule has 1 aromatic heterocycles. The molecule has 0 aliphatic rings. The molecule has 0 unspecified atom stereocenters. The van der Waals surface area contributed by atoms with Gasteiger partial charge in [-0.3, -0.25) is 4.79 Å². The zero-order valence-electron chi connectivity index (χ0n) is 13.1. The van der Waals surface area contributed by atoms with Crippen LogP contribution in [0.3, 0.4) is 0 Å². The van der Waals surface area contributed by atoms with Crippen molar-refractivity contribution in [2.45, 2.75) is 6.92 Å². The molecule has 0 aliphatic carbocycles. The van der Waals surface area contributed by atoms with E-state index in [1.54, 1.807) is 12.1 Å². The third kappa shape index (κ3) is 3.49. The molecule has 0 radical (unpaired) electrons. The topological polar surface area (TPSA) is 90.1 Å². The second kappa shape index (κ2) is 6.78. The number of rotatable bonds is 4. The molecule has 0 aliphatic heterocycles. The molecule has 1 heterocycles. The lowest BCUT2D eigenvalue weighted by atomic mass is 10.2. The van der Waals surface area contributed by atoms with Crippen LogP contribution >= 0.6 is 0 Å². The summed E-state index contributed by atoms with van der Waals surface area (Å²) < 4.78 is 5.77. The van der Waals surface area contributed by atoms with E-state index in [2.05, 4.69) is 15.3 Å². The number of amides is 1. The van der Waals surface area contributed by atoms with Crippen molar-refractivity contribution in [2.24, 2.45) is 0 Å². The van der Waals surface area contributed by atoms with Gasteiger partial charge in [-0.25, -0.2) is 9.97 Å². The van der Waals surface area contributed by atoms with E-state index in [0.29, 0.717) is 11.4 Å². The van der Waals surface area contributed by atoms with Crippen molar-refractivity contribution >= 4 is 17.4 Å². The number of nitrogens with two attached hydrogens (primary N) is 1. The molecule has 0 saturated carbocycles. The van der Waals surface area contributed by atoms with E-state index in [9.17, 15) is 4.79 Å². The minimum absolute atomic E-state index is 0.0942. The zero-order chi connectivity index (χ0) is 16.9. The number of hydrogen-bond acceptors (Lipinski definition) is 5. The molecular weight excluding hydrogens is 304 g/mol. The van der Waals surface area contributed by atoms with E-state index in [-0.39, 0.29) is 11.5 Å². The number of carbonyl (C=O) groups is 1. The predicted molar refractivity (Wildman–Crippen MR) is 92.1 cm³/mol. The average Bonchev–Trinajstić information content (AvgIpc) is 2.58. The van der Waals surface area contributed by atoms with Crippen LogP contribution in [0.2, 0.25) is 0 Å². The molecule has 2 aromatic carbocycles. The Morgan fingerprint density at radius 1 is 1.04 bits per heavy atom. The van der Waals surface area contributed by atoms with Gasteiger partial charge in [-0.15, -0.1) is 0 Å². The van der Waals surface area contributed by atoms with Gasteiger partial charge < -0.3 is 15.8 Å². The van der Waals surface area contributed by atoms with Gasteiger partial charge in [0, 0.05) is 18.1 Å². The van der Waals surface area contributed by atoms with Crippen molar-refractivity contribution in [3.8, 4) is 11.5 Å². The average molecular weight is 320 g/mol. The van der Waals surface area contributed by atoms with Crippen LogP contribution in [0.25, 0.3) is 0 Å². The fourth-order valence-electron chi connectivity index (χ4n) is 2.17. The van der Waals surface area contributed by atoms with E-state index >= 15 is 0 Å². The number of hydrogen-bond donors (Lipinski definition) is 2. The van der Waals surface area contributed by atoms with E-state index < -0.39 is 5.91 Å². The summed E-state index contributed by atoms with van der Waals surface area (Å²) in [7, 11) is 0. The first-order valence-corrected chi connectivity index (χ1v) is 7.35. The van der Waals surface area contributed by atoms with Gasteiger partial charge in [-0.2, -0.15) is 0 Å². The third-order valence-corrected chi connectivity index (χ3v) is 3.37. The van der Waals surface area contributed by atoms with Gasteiger partial charge in [-0.1, -0.05) is 18.2 Å².